The lowest BCUT2D eigenvalue weighted by Crippen LogP contribution is -2.27. The van der Waals surface area contributed by atoms with Crippen LogP contribution in [0.3, 0.4) is 0 Å². The van der Waals surface area contributed by atoms with Crippen LogP contribution in [0.4, 0.5) is 0 Å². The smallest absolute Gasteiger partial charge is 0.273 e. The van der Waals surface area contributed by atoms with Gasteiger partial charge in [-0.2, -0.15) is 0 Å². The van der Waals surface area contributed by atoms with E-state index in [2.05, 4.69) is 15.6 Å². The number of carbonyl (C=O) groups is 1. The number of oxazole rings is 1. The lowest BCUT2D eigenvalue weighted by atomic mass is 9.98. The highest BCUT2D eigenvalue weighted by Gasteiger charge is 2.21. The van der Waals surface area contributed by atoms with Crippen molar-refractivity contribution in [3.05, 3.63) is 47.7 Å². The van der Waals surface area contributed by atoms with Crippen molar-refractivity contribution in [1.82, 2.24) is 15.6 Å². The standard InChI is InChI=1S/C17H21N3O3/c1-22-14-4-2-3-12(9-14)10-19-16(21)15-11-23-17(20-15)13-5-7-18-8-6-13/h2-4,9,11,13,18H,5-8,10H2,1H3,(H,19,21). The van der Waals surface area contributed by atoms with Crippen molar-refractivity contribution in [3.8, 4) is 5.75 Å². The summed E-state index contributed by atoms with van der Waals surface area (Å²) in [4.78, 5) is 16.5. The van der Waals surface area contributed by atoms with Crippen molar-refractivity contribution >= 4 is 5.91 Å². The maximum Gasteiger partial charge on any atom is 0.273 e. The molecule has 1 amide bonds. The Bertz CT molecular complexity index is 663. The SMILES string of the molecule is COc1cccc(CNC(=O)c2coc(C3CCNCC3)n2)c1. The first-order chi connectivity index (χ1) is 11.3. The average molecular weight is 315 g/mol. The van der Waals surface area contributed by atoms with E-state index in [-0.39, 0.29) is 5.91 Å². The minimum absolute atomic E-state index is 0.225. The number of hydrogen-bond donors (Lipinski definition) is 2. The average Bonchev–Trinajstić information content (AvgIpc) is 3.11. The number of ether oxygens (including phenoxy) is 1. The fourth-order valence-corrected chi connectivity index (χ4v) is 2.70. The van der Waals surface area contributed by atoms with Crippen LogP contribution in [-0.2, 0) is 6.54 Å². The first-order valence-electron chi connectivity index (χ1n) is 7.83. The van der Waals surface area contributed by atoms with Crippen molar-refractivity contribution < 1.29 is 13.9 Å². The van der Waals surface area contributed by atoms with Gasteiger partial charge < -0.3 is 19.8 Å². The van der Waals surface area contributed by atoms with Gasteiger partial charge in [-0.05, 0) is 43.6 Å². The Morgan fingerprint density at radius 1 is 1.43 bits per heavy atom. The number of piperidine rings is 1. The first-order valence-corrected chi connectivity index (χ1v) is 7.83. The van der Waals surface area contributed by atoms with E-state index in [1.807, 2.05) is 24.3 Å². The first kappa shape index (κ1) is 15.6. The van der Waals surface area contributed by atoms with Crippen LogP contribution in [0.15, 0.2) is 34.9 Å². The topological polar surface area (TPSA) is 76.4 Å². The van der Waals surface area contributed by atoms with Crippen LogP contribution in [0.2, 0.25) is 0 Å². The summed E-state index contributed by atoms with van der Waals surface area (Å²) in [6.07, 6.45) is 3.43. The molecule has 1 aromatic carbocycles. The van der Waals surface area contributed by atoms with E-state index in [9.17, 15) is 4.79 Å². The van der Waals surface area contributed by atoms with E-state index in [1.165, 1.54) is 6.26 Å². The Balaban J connectivity index is 1.58. The van der Waals surface area contributed by atoms with Crippen LogP contribution in [0.25, 0.3) is 0 Å². The molecule has 2 aromatic rings. The van der Waals surface area contributed by atoms with Crippen molar-refractivity contribution in [2.24, 2.45) is 0 Å². The number of hydrogen-bond acceptors (Lipinski definition) is 5. The fraction of sp³-hybridized carbons (Fsp3) is 0.412. The van der Waals surface area contributed by atoms with Gasteiger partial charge in [0.1, 0.15) is 12.0 Å². The van der Waals surface area contributed by atoms with Crippen molar-refractivity contribution in [2.45, 2.75) is 25.3 Å². The molecule has 1 aromatic heterocycles. The Labute approximate surface area is 135 Å². The van der Waals surface area contributed by atoms with E-state index in [4.69, 9.17) is 9.15 Å². The largest absolute Gasteiger partial charge is 0.497 e. The summed E-state index contributed by atoms with van der Waals surface area (Å²) in [5, 5.41) is 6.16. The molecule has 3 rings (SSSR count). The van der Waals surface area contributed by atoms with Gasteiger partial charge in [-0.25, -0.2) is 4.98 Å². The van der Waals surface area contributed by atoms with Gasteiger partial charge in [0.05, 0.1) is 7.11 Å². The summed E-state index contributed by atoms with van der Waals surface area (Å²) in [5.74, 6) is 1.51. The molecule has 6 nitrogen and oxygen atoms in total. The minimum Gasteiger partial charge on any atom is -0.497 e. The second-order valence-corrected chi connectivity index (χ2v) is 5.63. The molecule has 122 valence electrons. The maximum absolute atomic E-state index is 12.2. The van der Waals surface area contributed by atoms with E-state index >= 15 is 0 Å². The molecule has 1 fully saturated rings. The molecule has 0 bridgehead atoms. The quantitative estimate of drug-likeness (QED) is 0.883. The van der Waals surface area contributed by atoms with Gasteiger partial charge in [0.25, 0.3) is 5.91 Å². The van der Waals surface area contributed by atoms with Crippen LogP contribution in [0, 0.1) is 0 Å². The molecule has 0 radical (unpaired) electrons. The molecule has 0 saturated carbocycles. The summed E-state index contributed by atoms with van der Waals surface area (Å²) >= 11 is 0. The zero-order chi connectivity index (χ0) is 16.1. The van der Waals surface area contributed by atoms with Gasteiger partial charge in [0, 0.05) is 12.5 Å². The molecule has 0 atom stereocenters. The fourth-order valence-electron chi connectivity index (χ4n) is 2.70. The van der Waals surface area contributed by atoms with Gasteiger partial charge in [-0.15, -0.1) is 0 Å². The zero-order valence-electron chi connectivity index (χ0n) is 13.2. The number of rotatable bonds is 5. The summed E-state index contributed by atoms with van der Waals surface area (Å²) in [6, 6.07) is 7.59. The summed E-state index contributed by atoms with van der Waals surface area (Å²) in [5.41, 5.74) is 1.31. The predicted molar refractivity (Wildman–Crippen MR) is 85.5 cm³/mol. The van der Waals surface area contributed by atoms with Crippen LogP contribution >= 0.6 is 0 Å². The number of aromatic nitrogens is 1. The van der Waals surface area contributed by atoms with Crippen LogP contribution < -0.4 is 15.4 Å². The van der Waals surface area contributed by atoms with Crippen molar-refractivity contribution in [1.29, 1.82) is 0 Å². The second kappa shape index (κ2) is 7.28. The molecule has 0 aliphatic carbocycles. The third-order valence-corrected chi connectivity index (χ3v) is 4.03. The van der Waals surface area contributed by atoms with E-state index in [1.54, 1.807) is 7.11 Å². The molecular weight excluding hydrogens is 294 g/mol. The minimum atomic E-state index is -0.225. The van der Waals surface area contributed by atoms with Gasteiger partial charge in [-0.1, -0.05) is 12.1 Å². The number of methoxy groups -OCH3 is 1. The van der Waals surface area contributed by atoms with Crippen molar-refractivity contribution in [2.75, 3.05) is 20.2 Å². The van der Waals surface area contributed by atoms with Gasteiger partial charge >= 0.3 is 0 Å². The Kier molecular flexibility index (Phi) is 4.92. The molecule has 0 unspecified atom stereocenters. The van der Waals surface area contributed by atoms with E-state index < -0.39 is 0 Å². The Morgan fingerprint density at radius 3 is 3.04 bits per heavy atom. The van der Waals surface area contributed by atoms with E-state index in [0.29, 0.717) is 24.0 Å². The highest BCUT2D eigenvalue weighted by atomic mass is 16.5. The Hall–Kier alpha value is -2.34. The molecule has 6 heteroatoms. The Morgan fingerprint density at radius 2 is 2.26 bits per heavy atom. The molecule has 1 aliphatic heterocycles. The highest BCUT2D eigenvalue weighted by molar-refractivity contribution is 5.91. The molecule has 1 aliphatic rings. The second-order valence-electron chi connectivity index (χ2n) is 5.63. The number of nitrogens with one attached hydrogen (secondary N) is 2. The lowest BCUT2D eigenvalue weighted by Gasteiger charge is -2.19. The molecule has 2 N–H and O–H groups in total. The lowest BCUT2D eigenvalue weighted by molar-refractivity contribution is 0.0946. The third kappa shape index (κ3) is 3.90. The number of nitrogens with zero attached hydrogens (tertiary/aromatic N) is 1. The molecule has 2 heterocycles. The van der Waals surface area contributed by atoms with Crippen LogP contribution in [0.5, 0.6) is 5.75 Å². The van der Waals surface area contributed by atoms with Gasteiger partial charge in [-0.3, -0.25) is 4.79 Å². The van der Waals surface area contributed by atoms with E-state index in [0.717, 1.165) is 37.2 Å². The maximum atomic E-state index is 12.2. The number of benzene rings is 1. The highest BCUT2D eigenvalue weighted by Crippen LogP contribution is 2.24. The van der Waals surface area contributed by atoms with Gasteiger partial charge in [0.15, 0.2) is 11.6 Å². The molecule has 1 saturated heterocycles. The normalized spacial score (nSPS) is 15.3. The predicted octanol–water partition coefficient (Wildman–Crippen LogP) is 2.08. The van der Waals surface area contributed by atoms with Crippen molar-refractivity contribution in [3.63, 3.8) is 0 Å². The number of carbonyl (C=O) groups excluding carboxylic acids is 1. The van der Waals surface area contributed by atoms with Gasteiger partial charge in [0.2, 0.25) is 0 Å². The molecular formula is C17H21N3O3. The van der Waals surface area contributed by atoms with Crippen LogP contribution in [0.1, 0.15) is 40.7 Å². The molecule has 0 spiro atoms. The third-order valence-electron chi connectivity index (χ3n) is 4.03. The van der Waals surface area contributed by atoms with Crippen LogP contribution in [-0.4, -0.2) is 31.1 Å². The summed E-state index contributed by atoms with van der Waals surface area (Å²) < 4.78 is 10.7. The monoisotopic (exact) mass is 315 g/mol. The number of amides is 1. The zero-order valence-corrected chi connectivity index (χ0v) is 13.2. The molecule has 23 heavy (non-hydrogen) atoms. The summed E-state index contributed by atoms with van der Waals surface area (Å²) in [7, 11) is 1.62. The summed E-state index contributed by atoms with van der Waals surface area (Å²) in [6.45, 7) is 2.35.